The lowest BCUT2D eigenvalue weighted by molar-refractivity contribution is 0.409. The number of aromatic nitrogens is 1. The number of hydrogen-bond donors (Lipinski definition) is 1. The van der Waals surface area contributed by atoms with Crippen LogP contribution in [0, 0.1) is 6.92 Å². The number of nitrogens with zero attached hydrogens (tertiary/aromatic N) is 2. The lowest BCUT2D eigenvalue weighted by Crippen LogP contribution is -2.29. The molecular formula is C26H22BrN3O2S. The minimum atomic E-state index is -0.248. The summed E-state index contributed by atoms with van der Waals surface area (Å²) in [5, 5.41) is 4.05. The summed E-state index contributed by atoms with van der Waals surface area (Å²) >= 11 is 9.47. The molecule has 5 nitrogen and oxygen atoms in total. The van der Waals surface area contributed by atoms with E-state index >= 15 is 0 Å². The average Bonchev–Trinajstić information content (AvgIpc) is 3.44. The zero-order valence-electron chi connectivity index (χ0n) is 18.2. The third-order valence-corrected chi connectivity index (χ3v) is 6.72. The van der Waals surface area contributed by atoms with Gasteiger partial charge in [-0.3, -0.25) is 4.98 Å². The number of furan rings is 1. The van der Waals surface area contributed by atoms with Crippen LogP contribution in [0.2, 0.25) is 0 Å². The standard InChI is InChI=1S/C26H22BrN3O2S/c1-16-10-11-17(18(27)15-16)21-12-13-23(32-21)25-24(19-7-5-6-14-28-19)29-26(33)30(25)20-8-3-4-9-22(20)31-2/h3-15,24-25H,1-2H3,(H,29,33)/t24-,25-/m0/s1. The Balaban J connectivity index is 1.63. The van der Waals surface area contributed by atoms with E-state index in [1.165, 1.54) is 5.56 Å². The van der Waals surface area contributed by atoms with Crippen LogP contribution in [0.1, 0.15) is 29.1 Å². The number of methoxy groups -OCH3 is 1. The summed E-state index contributed by atoms with van der Waals surface area (Å²) in [5.41, 5.74) is 3.94. The molecule has 5 rings (SSSR count). The van der Waals surface area contributed by atoms with Gasteiger partial charge < -0.3 is 19.4 Å². The van der Waals surface area contributed by atoms with E-state index in [0.29, 0.717) is 5.11 Å². The molecule has 0 unspecified atom stereocenters. The van der Waals surface area contributed by atoms with E-state index in [1.807, 2.05) is 54.6 Å². The first-order valence-electron chi connectivity index (χ1n) is 10.6. The van der Waals surface area contributed by atoms with Gasteiger partial charge in [-0.1, -0.05) is 40.2 Å². The normalized spacial score (nSPS) is 17.8. The molecule has 2 atom stereocenters. The Hall–Kier alpha value is -3.16. The molecule has 0 aliphatic carbocycles. The molecule has 1 aliphatic heterocycles. The molecule has 4 aromatic rings. The molecule has 0 saturated carbocycles. The Labute approximate surface area is 206 Å². The Morgan fingerprint density at radius 2 is 1.88 bits per heavy atom. The smallest absolute Gasteiger partial charge is 0.174 e. The van der Waals surface area contributed by atoms with E-state index in [2.05, 4.69) is 56.3 Å². The number of nitrogens with one attached hydrogen (secondary N) is 1. The molecule has 7 heteroatoms. The number of aryl methyl sites for hydroxylation is 1. The Morgan fingerprint density at radius 3 is 2.64 bits per heavy atom. The van der Waals surface area contributed by atoms with Gasteiger partial charge in [-0.2, -0.15) is 0 Å². The van der Waals surface area contributed by atoms with E-state index < -0.39 is 0 Å². The third kappa shape index (κ3) is 4.03. The fourth-order valence-electron chi connectivity index (χ4n) is 4.21. The van der Waals surface area contributed by atoms with Gasteiger partial charge in [0.1, 0.15) is 23.3 Å². The van der Waals surface area contributed by atoms with Crippen molar-refractivity contribution in [1.82, 2.24) is 10.3 Å². The molecule has 1 fully saturated rings. The quantitative estimate of drug-likeness (QED) is 0.300. The van der Waals surface area contributed by atoms with Gasteiger partial charge in [0.15, 0.2) is 5.11 Å². The third-order valence-electron chi connectivity index (χ3n) is 5.75. The highest BCUT2D eigenvalue weighted by Crippen LogP contribution is 2.45. The maximum Gasteiger partial charge on any atom is 0.174 e. The summed E-state index contributed by atoms with van der Waals surface area (Å²) < 4.78 is 13.1. The molecule has 2 aromatic heterocycles. The van der Waals surface area contributed by atoms with Crippen molar-refractivity contribution in [2.75, 3.05) is 12.0 Å². The second kappa shape index (κ2) is 9.00. The predicted octanol–water partition coefficient (Wildman–Crippen LogP) is 6.60. The maximum atomic E-state index is 6.46. The molecular weight excluding hydrogens is 498 g/mol. The SMILES string of the molecule is COc1ccccc1N1C(=S)N[C@@H](c2ccccn2)[C@@H]1c1ccc(-c2ccc(C)cc2Br)o1. The molecule has 1 saturated heterocycles. The van der Waals surface area contributed by atoms with Crippen molar-refractivity contribution in [3.63, 3.8) is 0 Å². The summed E-state index contributed by atoms with van der Waals surface area (Å²) in [6.07, 6.45) is 1.79. The Morgan fingerprint density at radius 1 is 1.06 bits per heavy atom. The van der Waals surface area contributed by atoms with Gasteiger partial charge in [0.05, 0.1) is 24.5 Å². The highest BCUT2D eigenvalue weighted by atomic mass is 79.9. The van der Waals surface area contributed by atoms with Crippen LogP contribution >= 0.6 is 28.1 Å². The average molecular weight is 520 g/mol. The van der Waals surface area contributed by atoms with Crippen LogP contribution in [0.15, 0.2) is 87.9 Å². The van der Waals surface area contributed by atoms with Crippen molar-refractivity contribution in [1.29, 1.82) is 0 Å². The monoisotopic (exact) mass is 519 g/mol. The van der Waals surface area contributed by atoms with E-state index in [-0.39, 0.29) is 12.1 Å². The Kier molecular flexibility index (Phi) is 5.91. The van der Waals surface area contributed by atoms with Gasteiger partial charge >= 0.3 is 0 Å². The van der Waals surface area contributed by atoms with Crippen molar-refractivity contribution >= 4 is 38.9 Å². The number of rotatable bonds is 5. The number of para-hydroxylation sites is 2. The van der Waals surface area contributed by atoms with Gasteiger partial charge in [0, 0.05) is 16.2 Å². The summed E-state index contributed by atoms with van der Waals surface area (Å²) in [6.45, 7) is 2.07. The number of halogens is 1. The molecule has 2 aromatic carbocycles. The lowest BCUT2D eigenvalue weighted by atomic mass is 10.0. The molecule has 166 valence electrons. The first-order chi connectivity index (χ1) is 16.1. The van der Waals surface area contributed by atoms with Gasteiger partial charge in [0.25, 0.3) is 0 Å². The molecule has 0 bridgehead atoms. The molecule has 0 spiro atoms. The van der Waals surface area contributed by atoms with Crippen LogP contribution in [0.5, 0.6) is 5.75 Å². The summed E-state index contributed by atoms with van der Waals surface area (Å²) in [4.78, 5) is 6.66. The molecule has 33 heavy (non-hydrogen) atoms. The first kappa shape index (κ1) is 21.7. The summed E-state index contributed by atoms with van der Waals surface area (Å²) in [7, 11) is 1.66. The number of pyridine rings is 1. The molecule has 1 N–H and O–H groups in total. The zero-order valence-corrected chi connectivity index (χ0v) is 20.6. The van der Waals surface area contributed by atoms with E-state index in [0.717, 1.165) is 38.7 Å². The number of anilines is 1. The van der Waals surface area contributed by atoms with Crippen molar-refractivity contribution < 1.29 is 9.15 Å². The summed E-state index contributed by atoms with van der Waals surface area (Å²) in [5.74, 6) is 2.31. The molecule has 0 radical (unpaired) electrons. The number of hydrogen-bond acceptors (Lipinski definition) is 4. The highest BCUT2D eigenvalue weighted by molar-refractivity contribution is 9.10. The number of benzene rings is 2. The van der Waals surface area contributed by atoms with E-state index in [1.54, 1.807) is 13.3 Å². The zero-order chi connectivity index (χ0) is 22.9. The lowest BCUT2D eigenvalue weighted by Gasteiger charge is -2.27. The van der Waals surface area contributed by atoms with Crippen LogP contribution in [-0.4, -0.2) is 17.2 Å². The minimum absolute atomic E-state index is 0.191. The second-order valence-electron chi connectivity index (χ2n) is 7.85. The first-order valence-corrected chi connectivity index (χ1v) is 11.8. The van der Waals surface area contributed by atoms with E-state index in [4.69, 9.17) is 21.4 Å². The molecule has 0 amide bonds. The maximum absolute atomic E-state index is 6.46. The van der Waals surface area contributed by atoms with Crippen LogP contribution in [0.25, 0.3) is 11.3 Å². The van der Waals surface area contributed by atoms with Crippen LogP contribution in [0.3, 0.4) is 0 Å². The molecule has 1 aliphatic rings. The number of thiocarbonyl (C=S) groups is 1. The Bertz CT molecular complexity index is 1310. The molecule has 3 heterocycles. The van der Waals surface area contributed by atoms with Crippen molar-refractivity contribution in [3.05, 3.63) is 100 Å². The van der Waals surface area contributed by atoms with Crippen LogP contribution in [0.4, 0.5) is 5.69 Å². The topological polar surface area (TPSA) is 50.5 Å². The fraction of sp³-hybridized carbons (Fsp3) is 0.154. The van der Waals surface area contributed by atoms with Crippen LogP contribution in [-0.2, 0) is 0 Å². The van der Waals surface area contributed by atoms with Crippen molar-refractivity contribution in [2.24, 2.45) is 0 Å². The predicted molar refractivity (Wildman–Crippen MR) is 138 cm³/mol. The van der Waals surface area contributed by atoms with Gasteiger partial charge in [-0.05, 0) is 73.2 Å². The fourth-order valence-corrected chi connectivity index (χ4v) is 5.24. The van der Waals surface area contributed by atoms with Crippen LogP contribution < -0.4 is 15.0 Å². The second-order valence-corrected chi connectivity index (χ2v) is 9.09. The highest BCUT2D eigenvalue weighted by Gasteiger charge is 2.43. The largest absolute Gasteiger partial charge is 0.495 e. The van der Waals surface area contributed by atoms with Crippen molar-refractivity contribution in [2.45, 2.75) is 19.0 Å². The number of ether oxygens (including phenoxy) is 1. The van der Waals surface area contributed by atoms with Gasteiger partial charge in [0.2, 0.25) is 0 Å². The van der Waals surface area contributed by atoms with Gasteiger partial charge in [-0.15, -0.1) is 0 Å². The minimum Gasteiger partial charge on any atom is -0.495 e. The summed E-state index contributed by atoms with van der Waals surface area (Å²) in [6, 6.07) is 23.5. The van der Waals surface area contributed by atoms with Gasteiger partial charge in [-0.25, -0.2) is 0 Å². The van der Waals surface area contributed by atoms with Crippen molar-refractivity contribution in [3.8, 4) is 17.1 Å². The van der Waals surface area contributed by atoms with E-state index in [9.17, 15) is 0 Å².